The van der Waals surface area contributed by atoms with Gasteiger partial charge in [-0.05, 0) is 97.6 Å². The van der Waals surface area contributed by atoms with Crippen molar-refractivity contribution in [3.8, 4) is 11.1 Å². The fourth-order valence-corrected chi connectivity index (χ4v) is 4.26. The molecule has 196 valence electrons. The molecule has 6 nitrogen and oxygen atoms in total. The van der Waals surface area contributed by atoms with Gasteiger partial charge in [0, 0.05) is 28.5 Å². The molecule has 2 N–H and O–H groups in total. The maximum atomic E-state index is 13.1. The van der Waals surface area contributed by atoms with Crippen molar-refractivity contribution in [2.75, 3.05) is 10.6 Å². The predicted molar refractivity (Wildman–Crippen MR) is 146 cm³/mol. The number of nitrogens with zero attached hydrogens (tertiary/aromatic N) is 3. The van der Waals surface area contributed by atoms with E-state index in [4.69, 9.17) is 0 Å². The summed E-state index contributed by atoms with van der Waals surface area (Å²) in [5.74, 6) is -0.0498. The molecule has 0 unspecified atom stereocenters. The Balaban J connectivity index is 1.43. The fraction of sp³-hybridized carbons (Fsp3) is 0.133. The second-order valence-electron chi connectivity index (χ2n) is 9.30. The number of halogens is 3. The van der Waals surface area contributed by atoms with E-state index in [0.29, 0.717) is 11.5 Å². The van der Waals surface area contributed by atoms with Gasteiger partial charge in [0.25, 0.3) is 5.91 Å². The number of carbonyl (C=O) groups excluding carboxylic acids is 1. The molecule has 0 saturated heterocycles. The predicted octanol–water partition coefficient (Wildman–Crippen LogP) is 7.63. The van der Waals surface area contributed by atoms with E-state index in [2.05, 4.69) is 25.6 Å². The normalized spacial score (nSPS) is 11.4. The molecule has 2 heterocycles. The number of anilines is 3. The number of benzene rings is 3. The summed E-state index contributed by atoms with van der Waals surface area (Å²) in [4.78, 5) is 26.3. The molecule has 0 aliphatic rings. The summed E-state index contributed by atoms with van der Waals surface area (Å²) in [7, 11) is 0. The molecule has 3 aromatic carbocycles. The summed E-state index contributed by atoms with van der Waals surface area (Å²) in [6.07, 6.45) is -1.04. The van der Waals surface area contributed by atoms with Gasteiger partial charge in [0.05, 0.1) is 23.0 Å². The number of rotatable bonds is 5. The van der Waals surface area contributed by atoms with E-state index in [0.717, 1.165) is 56.7 Å². The Kier molecular flexibility index (Phi) is 6.74. The van der Waals surface area contributed by atoms with Crippen molar-refractivity contribution in [2.24, 2.45) is 0 Å². The van der Waals surface area contributed by atoms with Crippen LogP contribution in [0.2, 0.25) is 0 Å². The van der Waals surface area contributed by atoms with E-state index in [1.54, 1.807) is 24.5 Å². The first-order valence-corrected chi connectivity index (χ1v) is 12.1. The lowest BCUT2D eigenvalue weighted by Crippen LogP contribution is -2.13. The second-order valence-corrected chi connectivity index (χ2v) is 9.30. The maximum absolute atomic E-state index is 13.1. The zero-order valence-electron chi connectivity index (χ0n) is 21.4. The van der Waals surface area contributed by atoms with E-state index in [1.807, 2.05) is 51.1 Å². The lowest BCUT2D eigenvalue weighted by atomic mass is 9.95. The van der Waals surface area contributed by atoms with Crippen LogP contribution < -0.4 is 10.6 Å². The molecule has 0 radical (unpaired) electrons. The van der Waals surface area contributed by atoms with Crippen molar-refractivity contribution in [2.45, 2.75) is 26.9 Å². The highest BCUT2D eigenvalue weighted by atomic mass is 19.4. The smallest absolute Gasteiger partial charge is 0.323 e. The minimum atomic E-state index is -4.50. The monoisotopic (exact) mass is 527 g/mol. The summed E-state index contributed by atoms with van der Waals surface area (Å²) in [5.41, 5.74) is 5.61. The van der Waals surface area contributed by atoms with Crippen molar-refractivity contribution in [1.82, 2.24) is 15.0 Å². The molecule has 0 aliphatic heterocycles. The zero-order valence-corrected chi connectivity index (χ0v) is 21.4. The van der Waals surface area contributed by atoms with Crippen LogP contribution in [0.5, 0.6) is 0 Å². The van der Waals surface area contributed by atoms with Gasteiger partial charge in [-0.3, -0.25) is 9.78 Å². The van der Waals surface area contributed by atoms with Crippen molar-refractivity contribution < 1.29 is 18.0 Å². The summed E-state index contributed by atoms with van der Waals surface area (Å²) in [6.45, 7) is 5.80. The van der Waals surface area contributed by atoms with Gasteiger partial charge in [-0.25, -0.2) is 9.97 Å². The summed E-state index contributed by atoms with van der Waals surface area (Å²) in [6, 6.07) is 17.5. The minimum Gasteiger partial charge on any atom is -0.323 e. The van der Waals surface area contributed by atoms with Gasteiger partial charge in [-0.15, -0.1) is 0 Å². The van der Waals surface area contributed by atoms with Crippen LogP contribution in [0.1, 0.15) is 32.7 Å². The molecule has 39 heavy (non-hydrogen) atoms. The number of amides is 1. The highest BCUT2D eigenvalue weighted by Gasteiger charge is 2.30. The number of alkyl halides is 3. The maximum Gasteiger partial charge on any atom is 0.416 e. The molecule has 5 aromatic rings. The Morgan fingerprint density at radius 2 is 1.64 bits per heavy atom. The highest BCUT2D eigenvalue weighted by molar-refractivity contribution is 6.05. The number of aryl methyl sites for hydroxylation is 3. The molecule has 0 atom stereocenters. The molecule has 0 fully saturated rings. The van der Waals surface area contributed by atoms with Crippen LogP contribution in [-0.4, -0.2) is 20.9 Å². The quantitative estimate of drug-likeness (QED) is 0.246. The zero-order chi connectivity index (χ0) is 27.7. The largest absolute Gasteiger partial charge is 0.416 e. The third-order valence-corrected chi connectivity index (χ3v) is 6.30. The van der Waals surface area contributed by atoms with E-state index in [9.17, 15) is 18.0 Å². The molecule has 2 aromatic heterocycles. The van der Waals surface area contributed by atoms with Gasteiger partial charge >= 0.3 is 6.18 Å². The SMILES string of the molecule is Cc1ccc(Nc2ncc3cc(-c4cc(C(=O)Nc5cccc(C(F)(F)F)c5)ccc4C)cc(C)c3n2)cn1. The van der Waals surface area contributed by atoms with Crippen LogP contribution >= 0.6 is 0 Å². The van der Waals surface area contributed by atoms with Crippen LogP contribution in [-0.2, 0) is 6.18 Å². The minimum absolute atomic E-state index is 0.0708. The first-order valence-electron chi connectivity index (χ1n) is 12.1. The summed E-state index contributed by atoms with van der Waals surface area (Å²) < 4.78 is 39.2. The number of carbonyl (C=O) groups is 1. The van der Waals surface area contributed by atoms with E-state index in [-0.39, 0.29) is 5.69 Å². The average Bonchev–Trinajstić information content (AvgIpc) is 2.90. The third kappa shape index (κ3) is 5.72. The Labute approximate surface area is 223 Å². The van der Waals surface area contributed by atoms with Gasteiger partial charge < -0.3 is 10.6 Å². The molecule has 5 rings (SSSR count). The fourth-order valence-electron chi connectivity index (χ4n) is 4.26. The number of nitrogens with one attached hydrogen (secondary N) is 2. The van der Waals surface area contributed by atoms with E-state index < -0.39 is 17.6 Å². The van der Waals surface area contributed by atoms with Crippen molar-refractivity contribution in [3.63, 3.8) is 0 Å². The lowest BCUT2D eigenvalue weighted by Gasteiger charge is -2.13. The van der Waals surface area contributed by atoms with Crippen LogP contribution in [0, 0.1) is 20.8 Å². The van der Waals surface area contributed by atoms with Crippen molar-refractivity contribution >= 4 is 34.1 Å². The van der Waals surface area contributed by atoms with Gasteiger partial charge in [0.2, 0.25) is 5.95 Å². The Morgan fingerprint density at radius 3 is 2.38 bits per heavy atom. The first-order chi connectivity index (χ1) is 18.6. The van der Waals surface area contributed by atoms with Gasteiger partial charge in [0.1, 0.15) is 0 Å². The number of hydrogen-bond donors (Lipinski definition) is 2. The molecular weight excluding hydrogens is 503 g/mol. The van der Waals surface area contributed by atoms with Crippen LogP contribution in [0.4, 0.5) is 30.5 Å². The van der Waals surface area contributed by atoms with Gasteiger partial charge in [0.15, 0.2) is 0 Å². The van der Waals surface area contributed by atoms with Crippen molar-refractivity contribution in [1.29, 1.82) is 0 Å². The summed E-state index contributed by atoms with van der Waals surface area (Å²) >= 11 is 0. The topological polar surface area (TPSA) is 79.8 Å². The number of fused-ring (bicyclic) bond motifs is 1. The van der Waals surface area contributed by atoms with Gasteiger partial charge in [-0.1, -0.05) is 12.1 Å². The average molecular weight is 528 g/mol. The number of pyridine rings is 1. The molecule has 1 amide bonds. The van der Waals surface area contributed by atoms with E-state index in [1.165, 1.54) is 12.1 Å². The molecule has 0 saturated carbocycles. The Bertz CT molecular complexity index is 1700. The van der Waals surface area contributed by atoms with Gasteiger partial charge in [-0.2, -0.15) is 13.2 Å². The van der Waals surface area contributed by atoms with Crippen LogP contribution in [0.15, 0.2) is 79.1 Å². The van der Waals surface area contributed by atoms with Crippen LogP contribution in [0.3, 0.4) is 0 Å². The standard InChI is InChI=1S/C30H24F3N5O/c1-17-7-9-20(28(39)36-24-6-4-5-23(14-24)30(31,32)33)13-26(17)21-11-18(2)27-22(12-21)15-35-29(38-27)37-25-10-8-19(3)34-16-25/h4-16H,1-3H3,(H,36,39)(H,35,37,38). The third-order valence-electron chi connectivity index (χ3n) is 6.30. The molecule has 0 spiro atoms. The summed E-state index contributed by atoms with van der Waals surface area (Å²) in [5, 5.41) is 6.56. The molecule has 9 heteroatoms. The number of hydrogen-bond acceptors (Lipinski definition) is 5. The Hall–Kier alpha value is -4.79. The Morgan fingerprint density at radius 1 is 0.821 bits per heavy atom. The molecular formula is C30H24F3N5O. The van der Waals surface area contributed by atoms with Crippen molar-refractivity contribution in [3.05, 3.63) is 107 Å². The second kappa shape index (κ2) is 10.2. The first kappa shape index (κ1) is 25.8. The van der Waals surface area contributed by atoms with E-state index >= 15 is 0 Å². The molecule has 0 bridgehead atoms. The number of aromatic nitrogens is 3. The lowest BCUT2D eigenvalue weighted by molar-refractivity contribution is -0.137. The van der Waals surface area contributed by atoms with Crippen LogP contribution in [0.25, 0.3) is 22.0 Å². The highest BCUT2D eigenvalue weighted by Crippen LogP contribution is 2.32. The molecule has 0 aliphatic carbocycles.